The fourth-order valence-corrected chi connectivity index (χ4v) is 7.04. The Kier molecular flexibility index (Phi) is 6.85. The van der Waals surface area contributed by atoms with Gasteiger partial charge in [-0.15, -0.1) is 0 Å². The Morgan fingerprint density at radius 2 is 1.88 bits per heavy atom. The van der Waals surface area contributed by atoms with Gasteiger partial charge in [0.05, 0.1) is 11.7 Å². The van der Waals surface area contributed by atoms with Gasteiger partial charge in [-0.3, -0.25) is 4.79 Å². The van der Waals surface area contributed by atoms with Crippen LogP contribution < -0.4 is 5.32 Å². The summed E-state index contributed by atoms with van der Waals surface area (Å²) < 4.78 is 13.1. The highest BCUT2D eigenvalue weighted by Crippen LogP contribution is 2.47. The zero-order valence-electron chi connectivity index (χ0n) is 20.8. The van der Waals surface area contributed by atoms with Crippen LogP contribution in [0.5, 0.6) is 0 Å². The first-order chi connectivity index (χ1) is 15.5. The lowest BCUT2D eigenvalue weighted by molar-refractivity contribution is -0.116. The van der Waals surface area contributed by atoms with Crippen LogP contribution in [0.4, 0.5) is 5.69 Å². The van der Waals surface area contributed by atoms with Gasteiger partial charge in [-0.2, -0.15) is 0 Å². The molecular formula is C27H37NO3SSi. The van der Waals surface area contributed by atoms with Gasteiger partial charge in [0, 0.05) is 41.3 Å². The summed E-state index contributed by atoms with van der Waals surface area (Å²) in [7, 11) is -1.99. The molecule has 2 aliphatic rings. The number of benzene rings is 2. The molecule has 0 radical (unpaired) electrons. The van der Waals surface area contributed by atoms with E-state index in [2.05, 4.69) is 82.5 Å². The number of fused-ring (bicyclic) bond motifs is 1. The minimum atomic E-state index is -1.99. The van der Waals surface area contributed by atoms with E-state index in [0.29, 0.717) is 6.42 Å². The van der Waals surface area contributed by atoms with Crippen molar-refractivity contribution in [3.8, 4) is 0 Å². The largest absolute Gasteiger partial charge is 0.407 e. The molecule has 0 aromatic heterocycles. The van der Waals surface area contributed by atoms with Gasteiger partial charge in [0.15, 0.2) is 8.32 Å². The first kappa shape index (κ1) is 24.5. The molecule has 0 saturated carbocycles. The van der Waals surface area contributed by atoms with E-state index >= 15 is 0 Å². The van der Waals surface area contributed by atoms with Crippen molar-refractivity contribution >= 4 is 31.7 Å². The zero-order chi connectivity index (χ0) is 23.9. The molecule has 2 aliphatic heterocycles. The molecule has 178 valence electrons. The summed E-state index contributed by atoms with van der Waals surface area (Å²) in [5.41, 5.74) is 3.11. The lowest BCUT2D eigenvalue weighted by Gasteiger charge is -2.49. The summed E-state index contributed by atoms with van der Waals surface area (Å²) >= 11 is 1.77. The lowest BCUT2D eigenvalue weighted by Crippen LogP contribution is -2.51. The molecule has 6 heteroatoms. The van der Waals surface area contributed by atoms with Crippen LogP contribution in [0.25, 0.3) is 0 Å². The fraction of sp³-hybridized carbons (Fsp3) is 0.519. The van der Waals surface area contributed by atoms with Gasteiger partial charge in [-0.1, -0.05) is 44.7 Å². The summed E-state index contributed by atoms with van der Waals surface area (Å²) in [6.45, 7) is 14.5. The Morgan fingerprint density at radius 1 is 1.12 bits per heavy atom. The van der Waals surface area contributed by atoms with Gasteiger partial charge >= 0.3 is 0 Å². The second kappa shape index (κ2) is 9.21. The number of carbonyl (C=O) groups excluding carboxylic acids is 1. The number of amides is 1. The molecule has 0 bridgehead atoms. The standard InChI is InChI=1S/C27H37NO3SSi/c1-19-18-27(14-15-30-19,31-33(5,6)26(2,3)4)21-8-7-9-22(17-21)32-23-11-12-24-20(16-23)10-13-25(29)28-24/h7-9,11-12,16-17,19H,10,13-15,18H2,1-6H3,(H,28,29)/t19-,27+/m0/s1. The average Bonchev–Trinajstić information content (AvgIpc) is 2.73. The molecule has 2 aromatic carbocycles. The van der Waals surface area contributed by atoms with Gasteiger partial charge in [-0.25, -0.2) is 0 Å². The maximum Gasteiger partial charge on any atom is 0.224 e. The van der Waals surface area contributed by atoms with E-state index in [9.17, 15) is 4.79 Å². The summed E-state index contributed by atoms with van der Waals surface area (Å²) in [6.07, 6.45) is 3.31. The fourth-order valence-electron chi connectivity index (χ4n) is 4.51. The minimum absolute atomic E-state index is 0.105. The van der Waals surface area contributed by atoms with Crippen LogP contribution in [-0.4, -0.2) is 26.9 Å². The number of ether oxygens (including phenoxy) is 1. The monoisotopic (exact) mass is 483 g/mol. The molecule has 1 N–H and O–H groups in total. The number of aryl methyl sites for hydroxylation is 1. The van der Waals surface area contributed by atoms with Crippen LogP contribution in [0.15, 0.2) is 52.3 Å². The Bertz CT molecular complexity index is 1030. The first-order valence-corrected chi connectivity index (χ1v) is 15.7. The third kappa shape index (κ3) is 5.40. The van der Waals surface area contributed by atoms with Gasteiger partial charge in [0.25, 0.3) is 0 Å². The Morgan fingerprint density at radius 3 is 2.61 bits per heavy atom. The number of rotatable bonds is 5. The third-order valence-corrected chi connectivity index (χ3v) is 12.8. The maximum atomic E-state index is 11.7. The number of carbonyl (C=O) groups is 1. The molecule has 1 fully saturated rings. The highest BCUT2D eigenvalue weighted by Gasteiger charge is 2.47. The van der Waals surface area contributed by atoms with Crippen LogP contribution in [0.2, 0.25) is 18.1 Å². The second-order valence-corrected chi connectivity index (χ2v) is 16.9. The molecule has 33 heavy (non-hydrogen) atoms. The number of hydrogen-bond acceptors (Lipinski definition) is 4. The van der Waals surface area contributed by atoms with Crippen molar-refractivity contribution in [1.29, 1.82) is 0 Å². The van der Waals surface area contributed by atoms with Crippen LogP contribution in [-0.2, 0) is 26.0 Å². The molecule has 4 nitrogen and oxygen atoms in total. The molecule has 2 atom stereocenters. The van der Waals surface area contributed by atoms with Crippen LogP contribution >= 0.6 is 11.8 Å². The molecule has 1 saturated heterocycles. The highest BCUT2D eigenvalue weighted by molar-refractivity contribution is 7.99. The van der Waals surface area contributed by atoms with Crippen molar-refractivity contribution in [3.63, 3.8) is 0 Å². The predicted octanol–water partition coefficient (Wildman–Crippen LogP) is 7.14. The zero-order valence-corrected chi connectivity index (χ0v) is 22.6. The van der Waals surface area contributed by atoms with Crippen LogP contribution in [0.1, 0.15) is 58.1 Å². The Hall–Kier alpha value is -1.60. The van der Waals surface area contributed by atoms with Crippen molar-refractivity contribution < 1.29 is 14.0 Å². The van der Waals surface area contributed by atoms with Gasteiger partial charge < -0.3 is 14.5 Å². The van der Waals surface area contributed by atoms with E-state index in [1.807, 2.05) is 6.07 Å². The maximum absolute atomic E-state index is 11.7. The van der Waals surface area contributed by atoms with Crippen LogP contribution in [0, 0.1) is 0 Å². The quantitative estimate of drug-likeness (QED) is 0.459. The van der Waals surface area contributed by atoms with E-state index < -0.39 is 8.32 Å². The summed E-state index contributed by atoms with van der Waals surface area (Å²) in [5.74, 6) is 0.105. The van der Waals surface area contributed by atoms with E-state index in [1.54, 1.807) is 11.8 Å². The first-order valence-electron chi connectivity index (χ1n) is 12.0. The Balaban J connectivity index is 1.63. The molecule has 0 unspecified atom stereocenters. The molecule has 2 heterocycles. The Labute approximate surface area is 204 Å². The van der Waals surface area contributed by atoms with Crippen molar-refractivity contribution in [1.82, 2.24) is 0 Å². The normalized spacial score (nSPS) is 23.7. The summed E-state index contributed by atoms with van der Waals surface area (Å²) in [5, 5.41) is 3.12. The molecule has 0 spiro atoms. The highest BCUT2D eigenvalue weighted by atomic mass is 32.2. The SMILES string of the molecule is C[C@H]1C[C@@](O[Si](C)(C)C(C)(C)C)(c2cccc(Sc3ccc4c(c3)CCC(=O)N4)c2)CCO1. The molecule has 0 aliphatic carbocycles. The van der Waals surface area contributed by atoms with Crippen molar-refractivity contribution in [2.75, 3.05) is 11.9 Å². The summed E-state index contributed by atoms with van der Waals surface area (Å²) in [4.78, 5) is 14.1. The molecule has 4 rings (SSSR count). The molecule has 1 amide bonds. The topological polar surface area (TPSA) is 47.6 Å². The summed E-state index contributed by atoms with van der Waals surface area (Å²) in [6, 6.07) is 15.2. The van der Waals surface area contributed by atoms with E-state index in [1.165, 1.54) is 20.9 Å². The van der Waals surface area contributed by atoms with E-state index in [4.69, 9.17) is 9.16 Å². The predicted molar refractivity (Wildman–Crippen MR) is 139 cm³/mol. The smallest absolute Gasteiger partial charge is 0.224 e. The minimum Gasteiger partial charge on any atom is -0.407 e. The molecule has 2 aromatic rings. The van der Waals surface area contributed by atoms with Crippen molar-refractivity contribution in [3.05, 3.63) is 53.6 Å². The number of hydrogen-bond donors (Lipinski definition) is 1. The van der Waals surface area contributed by atoms with Gasteiger partial charge in [-0.05, 0) is 72.9 Å². The van der Waals surface area contributed by atoms with Crippen LogP contribution in [0.3, 0.4) is 0 Å². The second-order valence-electron chi connectivity index (χ2n) is 11.0. The molecular weight excluding hydrogens is 446 g/mol. The average molecular weight is 484 g/mol. The van der Waals surface area contributed by atoms with Crippen molar-refractivity contribution in [2.45, 2.75) is 93.0 Å². The third-order valence-electron chi connectivity index (χ3n) is 7.35. The lowest BCUT2D eigenvalue weighted by atomic mass is 9.84. The van der Waals surface area contributed by atoms with Gasteiger partial charge in [0.1, 0.15) is 0 Å². The number of anilines is 1. The van der Waals surface area contributed by atoms with Crippen molar-refractivity contribution in [2.24, 2.45) is 0 Å². The van der Waals surface area contributed by atoms with Gasteiger partial charge in [0.2, 0.25) is 5.91 Å². The van der Waals surface area contributed by atoms with E-state index in [-0.39, 0.29) is 22.7 Å². The number of nitrogens with one attached hydrogen (secondary N) is 1. The van der Waals surface area contributed by atoms with E-state index in [0.717, 1.165) is 31.6 Å².